The highest BCUT2D eigenvalue weighted by atomic mass is 16.5. The van der Waals surface area contributed by atoms with Crippen molar-refractivity contribution in [3.05, 3.63) is 24.3 Å². The zero-order valence-corrected chi connectivity index (χ0v) is 11.0. The number of ether oxygens (including phenoxy) is 2. The van der Waals surface area contributed by atoms with E-state index in [4.69, 9.17) is 14.6 Å². The van der Waals surface area contributed by atoms with Gasteiger partial charge in [-0.05, 0) is 12.1 Å². The van der Waals surface area contributed by atoms with Crippen LogP contribution in [-0.2, 0) is 9.53 Å². The fourth-order valence-electron chi connectivity index (χ4n) is 1.42. The van der Waals surface area contributed by atoms with E-state index in [9.17, 15) is 4.79 Å². The van der Waals surface area contributed by atoms with Crippen LogP contribution in [0.5, 0.6) is 5.75 Å². The second kappa shape index (κ2) is 9.32. The minimum absolute atomic E-state index is 0.0102. The normalized spacial score (nSPS) is 10.2. The molecule has 0 aliphatic rings. The lowest BCUT2D eigenvalue weighted by Crippen LogP contribution is -2.30. The number of aliphatic hydroxyl groups excluding tert-OH is 1. The van der Waals surface area contributed by atoms with Crippen molar-refractivity contribution in [2.75, 3.05) is 45.3 Å². The first-order valence-electron chi connectivity index (χ1n) is 6.09. The maximum absolute atomic E-state index is 11.6. The summed E-state index contributed by atoms with van der Waals surface area (Å²) in [5, 5.41) is 14.2. The second-order valence-electron chi connectivity index (χ2n) is 3.79. The summed E-state index contributed by atoms with van der Waals surface area (Å²) in [6.07, 6.45) is 0. The molecule has 0 radical (unpaired) electrons. The topological polar surface area (TPSA) is 79.8 Å². The first-order valence-corrected chi connectivity index (χ1v) is 6.09. The number of hydrogen-bond donors (Lipinski definition) is 3. The molecule has 3 N–H and O–H groups in total. The van der Waals surface area contributed by atoms with Gasteiger partial charge in [-0.2, -0.15) is 0 Å². The van der Waals surface area contributed by atoms with E-state index in [-0.39, 0.29) is 19.1 Å². The van der Waals surface area contributed by atoms with Gasteiger partial charge < -0.3 is 25.2 Å². The van der Waals surface area contributed by atoms with Crippen LogP contribution in [0.4, 0.5) is 5.69 Å². The molecule has 0 aliphatic carbocycles. The van der Waals surface area contributed by atoms with Gasteiger partial charge in [-0.25, -0.2) is 0 Å². The molecular weight excluding hydrogens is 248 g/mol. The van der Waals surface area contributed by atoms with Crippen molar-refractivity contribution in [2.45, 2.75) is 0 Å². The van der Waals surface area contributed by atoms with Crippen LogP contribution in [-0.4, -0.2) is 51.0 Å². The molecule has 0 atom stereocenters. The summed E-state index contributed by atoms with van der Waals surface area (Å²) in [4.78, 5) is 11.6. The second-order valence-corrected chi connectivity index (χ2v) is 3.79. The molecule has 19 heavy (non-hydrogen) atoms. The Bertz CT molecular complexity index is 385. The highest BCUT2D eigenvalue weighted by Crippen LogP contribution is 2.16. The summed E-state index contributed by atoms with van der Waals surface area (Å²) in [7, 11) is 1.58. The molecule has 0 heterocycles. The summed E-state index contributed by atoms with van der Waals surface area (Å²) in [6, 6.07) is 7.17. The lowest BCUT2D eigenvalue weighted by atomic mass is 10.3. The molecule has 1 rings (SSSR count). The van der Waals surface area contributed by atoms with Crippen LogP contribution in [0, 0.1) is 0 Å². The Morgan fingerprint density at radius 2 is 2.21 bits per heavy atom. The summed E-state index contributed by atoms with van der Waals surface area (Å²) < 4.78 is 10.1. The first kappa shape index (κ1) is 15.4. The average Bonchev–Trinajstić information content (AvgIpc) is 2.43. The predicted molar refractivity (Wildman–Crippen MR) is 72.4 cm³/mol. The summed E-state index contributed by atoms with van der Waals surface area (Å²) in [5.41, 5.74) is 0.697. The average molecular weight is 268 g/mol. The Labute approximate surface area is 112 Å². The van der Waals surface area contributed by atoms with Crippen molar-refractivity contribution in [3.8, 4) is 5.75 Å². The highest BCUT2D eigenvalue weighted by molar-refractivity contribution is 5.92. The fourth-order valence-corrected chi connectivity index (χ4v) is 1.42. The van der Waals surface area contributed by atoms with Crippen molar-refractivity contribution >= 4 is 11.6 Å². The van der Waals surface area contributed by atoms with Gasteiger partial charge in [-0.15, -0.1) is 0 Å². The fraction of sp³-hybridized carbons (Fsp3) is 0.462. The van der Waals surface area contributed by atoms with Crippen LogP contribution < -0.4 is 15.4 Å². The van der Waals surface area contributed by atoms with Crippen LogP contribution in [0.3, 0.4) is 0 Å². The molecule has 6 nitrogen and oxygen atoms in total. The van der Waals surface area contributed by atoms with Gasteiger partial charge in [-0.3, -0.25) is 4.79 Å². The Kier molecular flexibility index (Phi) is 7.57. The molecule has 0 bridgehead atoms. The third-order valence-corrected chi connectivity index (χ3v) is 2.30. The minimum Gasteiger partial charge on any atom is -0.497 e. The van der Waals surface area contributed by atoms with Gasteiger partial charge in [0.1, 0.15) is 5.75 Å². The van der Waals surface area contributed by atoms with Crippen LogP contribution >= 0.6 is 0 Å². The third-order valence-electron chi connectivity index (χ3n) is 2.30. The molecule has 1 amide bonds. The lowest BCUT2D eigenvalue weighted by Gasteiger charge is -2.08. The lowest BCUT2D eigenvalue weighted by molar-refractivity contribution is -0.115. The van der Waals surface area contributed by atoms with E-state index < -0.39 is 0 Å². The summed E-state index contributed by atoms with van der Waals surface area (Å²) in [5.74, 6) is 0.568. The van der Waals surface area contributed by atoms with Crippen molar-refractivity contribution in [3.63, 3.8) is 0 Å². The van der Waals surface area contributed by atoms with Gasteiger partial charge in [0.05, 0.1) is 33.5 Å². The van der Waals surface area contributed by atoms with Gasteiger partial charge in [0.2, 0.25) is 5.91 Å². The highest BCUT2D eigenvalue weighted by Gasteiger charge is 2.02. The molecule has 0 aliphatic heterocycles. The Balaban J connectivity index is 2.19. The SMILES string of the molecule is COc1cccc(NC(=O)CNCCOCCO)c1. The molecule has 6 heteroatoms. The zero-order chi connectivity index (χ0) is 13.9. The van der Waals surface area contributed by atoms with Gasteiger partial charge in [0.25, 0.3) is 0 Å². The number of nitrogens with one attached hydrogen (secondary N) is 2. The summed E-state index contributed by atoms with van der Waals surface area (Å²) in [6.45, 7) is 1.56. The Hall–Kier alpha value is -1.63. The molecule has 1 aromatic carbocycles. The number of aliphatic hydroxyl groups is 1. The Morgan fingerprint density at radius 1 is 1.37 bits per heavy atom. The number of methoxy groups -OCH3 is 1. The number of benzene rings is 1. The van der Waals surface area contributed by atoms with E-state index in [1.165, 1.54) is 0 Å². The number of carbonyl (C=O) groups is 1. The molecule has 0 saturated heterocycles. The molecule has 0 spiro atoms. The third kappa shape index (κ3) is 6.76. The maximum atomic E-state index is 11.6. The first-order chi connectivity index (χ1) is 9.26. The van der Waals surface area contributed by atoms with E-state index in [0.717, 1.165) is 0 Å². The molecule has 106 valence electrons. The monoisotopic (exact) mass is 268 g/mol. The van der Waals surface area contributed by atoms with Crippen molar-refractivity contribution < 1.29 is 19.4 Å². The number of amides is 1. The van der Waals surface area contributed by atoms with E-state index in [1.54, 1.807) is 19.2 Å². The molecule has 0 unspecified atom stereocenters. The molecule has 0 fully saturated rings. The summed E-state index contributed by atoms with van der Waals surface area (Å²) >= 11 is 0. The molecule has 0 saturated carbocycles. The smallest absolute Gasteiger partial charge is 0.238 e. The Morgan fingerprint density at radius 3 is 2.95 bits per heavy atom. The van der Waals surface area contributed by atoms with E-state index in [1.807, 2.05) is 12.1 Å². The van der Waals surface area contributed by atoms with E-state index in [2.05, 4.69) is 10.6 Å². The van der Waals surface area contributed by atoms with Crippen molar-refractivity contribution in [1.82, 2.24) is 5.32 Å². The minimum atomic E-state index is -0.129. The zero-order valence-electron chi connectivity index (χ0n) is 11.0. The number of carbonyl (C=O) groups excluding carboxylic acids is 1. The van der Waals surface area contributed by atoms with Crippen LogP contribution in [0.15, 0.2) is 24.3 Å². The van der Waals surface area contributed by atoms with Crippen molar-refractivity contribution in [2.24, 2.45) is 0 Å². The quantitative estimate of drug-likeness (QED) is 0.559. The van der Waals surface area contributed by atoms with Gasteiger partial charge >= 0.3 is 0 Å². The standard InChI is InChI=1S/C13H20N2O4/c1-18-12-4-2-3-11(9-12)15-13(17)10-14-5-7-19-8-6-16/h2-4,9,14,16H,5-8,10H2,1H3,(H,15,17). The van der Waals surface area contributed by atoms with Crippen molar-refractivity contribution in [1.29, 1.82) is 0 Å². The van der Waals surface area contributed by atoms with E-state index in [0.29, 0.717) is 31.2 Å². The van der Waals surface area contributed by atoms with Crippen LogP contribution in [0.2, 0.25) is 0 Å². The number of hydrogen-bond acceptors (Lipinski definition) is 5. The maximum Gasteiger partial charge on any atom is 0.238 e. The molecular formula is C13H20N2O4. The van der Waals surface area contributed by atoms with Gasteiger partial charge in [0, 0.05) is 18.3 Å². The van der Waals surface area contributed by atoms with E-state index >= 15 is 0 Å². The molecule has 1 aromatic rings. The number of anilines is 1. The number of rotatable bonds is 9. The largest absolute Gasteiger partial charge is 0.497 e. The van der Waals surface area contributed by atoms with Gasteiger partial charge in [0.15, 0.2) is 0 Å². The van der Waals surface area contributed by atoms with Crippen LogP contribution in [0.25, 0.3) is 0 Å². The van der Waals surface area contributed by atoms with Gasteiger partial charge in [-0.1, -0.05) is 6.07 Å². The predicted octanol–water partition coefficient (Wildman–Crippen LogP) is 0.232. The molecule has 0 aromatic heterocycles. The van der Waals surface area contributed by atoms with Crippen LogP contribution in [0.1, 0.15) is 0 Å².